The molecule has 1 aromatic carbocycles. The fourth-order valence-corrected chi connectivity index (χ4v) is 1.55. The molecular formula is C11H11ClN2O2. The van der Waals surface area contributed by atoms with Crippen LogP contribution in [0.5, 0.6) is 0 Å². The lowest BCUT2D eigenvalue weighted by atomic mass is 10.3. The lowest BCUT2D eigenvalue weighted by Gasteiger charge is -2.19. The van der Waals surface area contributed by atoms with E-state index in [1.165, 1.54) is 11.0 Å². The molecule has 0 N–H and O–H groups in total. The van der Waals surface area contributed by atoms with Crippen molar-refractivity contribution in [2.24, 2.45) is 4.99 Å². The number of isocyanates is 1. The molecule has 0 fully saturated rings. The van der Waals surface area contributed by atoms with E-state index in [0.29, 0.717) is 17.3 Å². The third-order valence-electron chi connectivity index (χ3n) is 1.96. The highest BCUT2D eigenvalue weighted by molar-refractivity contribution is 6.33. The highest BCUT2D eigenvalue weighted by atomic mass is 35.5. The Labute approximate surface area is 98.5 Å². The summed E-state index contributed by atoms with van der Waals surface area (Å²) < 4.78 is 0. The monoisotopic (exact) mass is 238 g/mol. The number of benzene rings is 1. The van der Waals surface area contributed by atoms with Crippen LogP contribution in [0.2, 0.25) is 5.02 Å². The lowest BCUT2D eigenvalue weighted by molar-refractivity contribution is 0.254. The summed E-state index contributed by atoms with van der Waals surface area (Å²) in [5.74, 6) is 0. The van der Waals surface area contributed by atoms with Gasteiger partial charge in [-0.25, -0.2) is 9.59 Å². The molecule has 0 aliphatic carbocycles. The second-order valence-electron chi connectivity index (χ2n) is 3.09. The predicted octanol–water partition coefficient (Wildman–Crippen LogP) is 3.01. The summed E-state index contributed by atoms with van der Waals surface area (Å²) >= 11 is 5.96. The second-order valence-corrected chi connectivity index (χ2v) is 3.50. The van der Waals surface area contributed by atoms with Gasteiger partial charge < -0.3 is 0 Å². The molecule has 0 saturated carbocycles. The number of nitrogens with zero attached hydrogens (tertiary/aromatic N) is 2. The topological polar surface area (TPSA) is 49.7 Å². The van der Waals surface area contributed by atoms with Crippen molar-refractivity contribution in [2.75, 3.05) is 11.4 Å². The molecule has 0 unspecified atom stereocenters. The average Bonchev–Trinajstić information content (AvgIpc) is 2.27. The SMILES string of the molecule is CCCN(C(=O)N=C=O)c1ccccc1Cl. The molecule has 0 aliphatic rings. The van der Waals surface area contributed by atoms with Crippen LogP contribution in [-0.4, -0.2) is 18.7 Å². The molecule has 16 heavy (non-hydrogen) atoms. The summed E-state index contributed by atoms with van der Waals surface area (Å²) in [6, 6.07) is 6.27. The molecule has 0 heterocycles. The number of para-hydroxylation sites is 1. The van der Waals surface area contributed by atoms with E-state index in [0.717, 1.165) is 6.42 Å². The van der Waals surface area contributed by atoms with Gasteiger partial charge in [-0.05, 0) is 18.6 Å². The van der Waals surface area contributed by atoms with E-state index < -0.39 is 6.03 Å². The van der Waals surface area contributed by atoms with Crippen LogP contribution in [0.25, 0.3) is 0 Å². The molecule has 0 aliphatic heterocycles. The predicted molar refractivity (Wildman–Crippen MR) is 62.6 cm³/mol. The zero-order valence-electron chi connectivity index (χ0n) is 8.81. The van der Waals surface area contributed by atoms with E-state index >= 15 is 0 Å². The molecule has 0 aromatic heterocycles. The smallest absolute Gasteiger partial charge is 0.290 e. The lowest BCUT2D eigenvalue weighted by Crippen LogP contribution is -2.29. The van der Waals surface area contributed by atoms with Crippen molar-refractivity contribution in [2.45, 2.75) is 13.3 Å². The largest absolute Gasteiger partial charge is 0.358 e. The third kappa shape index (κ3) is 2.92. The molecule has 0 radical (unpaired) electrons. The Morgan fingerprint density at radius 2 is 2.19 bits per heavy atom. The fourth-order valence-electron chi connectivity index (χ4n) is 1.31. The van der Waals surface area contributed by atoms with Crippen molar-refractivity contribution in [3.05, 3.63) is 29.3 Å². The zero-order valence-corrected chi connectivity index (χ0v) is 9.57. The van der Waals surface area contributed by atoms with Gasteiger partial charge in [0.25, 0.3) is 0 Å². The van der Waals surface area contributed by atoms with E-state index in [-0.39, 0.29) is 0 Å². The van der Waals surface area contributed by atoms with Crippen LogP contribution in [0.3, 0.4) is 0 Å². The van der Waals surface area contributed by atoms with Crippen LogP contribution in [0, 0.1) is 0 Å². The van der Waals surface area contributed by atoms with Crippen molar-refractivity contribution >= 4 is 29.4 Å². The van der Waals surface area contributed by atoms with Gasteiger partial charge in [-0.15, -0.1) is 4.99 Å². The van der Waals surface area contributed by atoms with Crippen molar-refractivity contribution < 1.29 is 9.59 Å². The van der Waals surface area contributed by atoms with Crippen molar-refractivity contribution in [1.82, 2.24) is 0 Å². The molecular weight excluding hydrogens is 228 g/mol. The van der Waals surface area contributed by atoms with Gasteiger partial charge in [-0.2, -0.15) is 0 Å². The van der Waals surface area contributed by atoms with Crippen LogP contribution < -0.4 is 4.90 Å². The number of aliphatic imine (C=N–C) groups is 1. The number of halogens is 1. The normalized spacial score (nSPS) is 9.38. The summed E-state index contributed by atoms with van der Waals surface area (Å²) in [6.45, 7) is 2.37. The number of rotatable bonds is 3. The van der Waals surface area contributed by atoms with Gasteiger partial charge in [-0.3, -0.25) is 4.90 Å². The summed E-state index contributed by atoms with van der Waals surface area (Å²) in [5, 5.41) is 0.449. The molecule has 1 rings (SSSR count). The Hall–Kier alpha value is -1.64. The van der Waals surface area contributed by atoms with Gasteiger partial charge >= 0.3 is 6.03 Å². The summed E-state index contributed by atoms with van der Waals surface area (Å²) in [5.41, 5.74) is 0.551. The van der Waals surface area contributed by atoms with Crippen molar-refractivity contribution in [3.63, 3.8) is 0 Å². The van der Waals surface area contributed by atoms with Crippen molar-refractivity contribution in [1.29, 1.82) is 0 Å². The molecule has 0 saturated heterocycles. The van der Waals surface area contributed by atoms with Crippen LogP contribution in [0.1, 0.15) is 13.3 Å². The maximum Gasteiger partial charge on any atom is 0.358 e. The van der Waals surface area contributed by atoms with Gasteiger partial charge in [0.15, 0.2) is 0 Å². The number of anilines is 1. The minimum absolute atomic E-state index is 0.449. The zero-order chi connectivity index (χ0) is 12.0. The molecule has 4 nitrogen and oxygen atoms in total. The first-order valence-electron chi connectivity index (χ1n) is 4.84. The van der Waals surface area contributed by atoms with Gasteiger partial charge in [0.2, 0.25) is 6.08 Å². The van der Waals surface area contributed by atoms with E-state index in [4.69, 9.17) is 11.6 Å². The van der Waals surface area contributed by atoms with Crippen molar-refractivity contribution in [3.8, 4) is 0 Å². The first-order valence-corrected chi connectivity index (χ1v) is 5.22. The van der Waals surface area contributed by atoms with Crippen LogP contribution in [0.4, 0.5) is 10.5 Å². The number of urea groups is 1. The second kappa shape index (κ2) is 6.05. The molecule has 0 spiro atoms. The molecule has 84 valence electrons. The summed E-state index contributed by atoms with van der Waals surface area (Å²) in [7, 11) is 0. The van der Waals surface area contributed by atoms with E-state index in [1.807, 2.05) is 6.92 Å². The number of hydrogen-bond acceptors (Lipinski definition) is 2. The number of amides is 2. The van der Waals surface area contributed by atoms with Gasteiger partial charge in [-0.1, -0.05) is 30.7 Å². The summed E-state index contributed by atoms with van der Waals surface area (Å²) in [6.07, 6.45) is 1.98. The van der Waals surface area contributed by atoms with Gasteiger partial charge in [0.1, 0.15) is 0 Å². The Morgan fingerprint density at radius 1 is 1.50 bits per heavy atom. The minimum Gasteiger partial charge on any atom is -0.290 e. The Bertz CT molecular complexity index is 428. The number of hydrogen-bond donors (Lipinski definition) is 0. The van der Waals surface area contributed by atoms with Gasteiger partial charge in [0, 0.05) is 6.54 Å². The van der Waals surface area contributed by atoms with E-state index in [2.05, 4.69) is 4.99 Å². The number of carbonyl (C=O) groups is 1. The standard InChI is InChI=1S/C11H11ClN2O2/c1-2-7-14(11(16)13-8-15)10-6-4-3-5-9(10)12/h3-6H,2,7H2,1H3. The average molecular weight is 239 g/mol. The van der Waals surface area contributed by atoms with Crippen LogP contribution >= 0.6 is 11.6 Å². The maximum atomic E-state index is 11.5. The summed E-state index contributed by atoms with van der Waals surface area (Å²) in [4.78, 5) is 26.0. The van der Waals surface area contributed by atoms with E-state index in [1.54, 1.807) is 24.3 Å². The first kappa shape index (κ1) is 12.4. The molecule has 0 bridgehead atoms. The van der Waals surface area contributed by atoms with Gasteiger partial charge in [0.05, 0.1) is 10.7 Å². The molecule has 0 atom stereocenters. The molecule has 2 amide bonds. The molecule has 5 heteroatoms. The Kier molecular flexibility index (Phi) is 4.70. The third-order valence-corrected chi connectivity index (χ3v) is 2.28. The Balaban J connectivity index is 3.07. The highest BCUT2D eigenvalue weighted by Crippen LogP contribution is 2.25. The van der Waals surface area contributed by atoms with Crippen LogP contribution in [0.15, 0.2) is 29.3 Å². The van der Waals surface area contributed by atoms with Crippen LogP contribution in [-0.2, 0) is 4.79 Å². The quantitative estimate of drug-likeness (QED) is 0.600. The number of carbonyl (C=O) groups excluding carboxylic acids is 2. The first-order chi connectivity index (χ1) is 7.70. The Morgan fingerprint density at radius 3 is 2.75 bits per heavy atom. The minimum atomic E-state index is -0.648. The fraction of sp³-hybridized carbons (Fsp3) is 0.273. The molecule has 1 aromatic rings. The highest BCUT2D eigenvalue weighted by Gasteiger charge is 2.16. The maximum absolute atomic E-state index is 11.5. The van der Waals surface area contributed by atoms with E-state index in [9.17, 15) is 9.59 Å².